The van der Waals surface area contributed by atoms with Gasteiger partial charge >= 0.3 is 17.9 Å². The topological polar surface area (TPSA) is 78.9 Å². The van der Waals surface area contributed by atoms with E-state index >= 15 is 0 Å². The van der Waals surface area contributed by atoms with E-state index < -0.39 is 35.5 Å². The van der Waals surface area contributed by atoms with Gasteiger partial charge in [0.15, 0.2) is 0 Å². The molecular formula is C24H32O6S. The first-order valence-corrected chi connectivity index (χ1v) is 12.0. The minimum absolute atomic E-state index is 0.119. The second-order valence-electron chi connectivity index (χ2n) is 9.15. The minimum Gasteiger partial charge on any atom is -0.460 e. The summed E-state index contributed by atoms with van der Waals surface area (Å²) < 4.78 is 17.3. The summed E-state index contributed by atoms with van der Waals surface area (Å²) in [6.07, 6.45) is 5.64. The summed E-state index contributed by atoms with van der Waals surface area (Å²) in [6.45, 7) is 11.9. The van der Waals surface area contributed by atoms with Crippen LogP contribution in [0.5, 0.6) is 0 Å². The third-order valence-electron chi connectivity index (χ3n) is 7.61. The number of hydrogen-bond acceptors (Lipinski definition) is 7. The zero-order valence-electron chi connectivity index (χ0n) is 18.9. The van der Waals surface area contributed by atoms with Gasteiger partial charge in [-0.15, -0.1) is 11.8 Å². The highest BCUT2D eigenvalue weighted by atomic mass is 32.2. The van der Waals surface area contributed by atoms with Crippen molar-refractivity contribution in [2.45, 2.75) is 59.2 Å². The van der Waals surface area contributed by atoms with Gasteiger partial charge in [-0.2, -0.15) is 0 Å². The lowest BCUT2D eigenvalue weighted by Crippen LogP contribution is -2.50. The molecule has 170 valence electrons. The van der Waals surface area contributed by atoms with Crippen molar-refractivity contribution in [2.75, 3.05) is 12.9 Å². The average molecular weight is 449 g/mol. The lowest BCUT2D eigenvalue weighted by atomic mass is 9.61. The Kier molecular flexibility index (Phi) is 6.75. The number of thioether (sulfide) groups is 1. The highest BCUT2D eigenvalue weighted by Crippen LogP contribution is 2.66. The first-order chi connectivity index (χ1) is 14.6. The molecule has 0 unspecified atom stereocenters. The van der Waals surface area contributed by atoms with Crippen LogP contribution in [0, 0.1) is 22.7 Å². The SMILES string of the molecule is C=C1COC(=O)[C@]12C[C@@]1(C)[C@H]([C@@H](OC(=O)C=CSC)CC[C@@H]1C)[C@H]2OC(=O)C(C)=CC. The van der Waals surface area contributed by atoms with E-state index in [1.165, 1.54) is 17.8 Å². The maximum Gasteiger partial charge on any atom is 0.333 e. The normalized spacial score (nSPS) is 37.8. The number of fused-ring (bicyclic) bond motifs is 1. The van der Waals surface area contributed by atoms with Crippen molar-refractivity contribution < 1.29 is 28.6 Å². The van der Waals surface area contributed by atoms with Crippen molar-refractivity contribution in [3.63, 3.8) is 0 Å². The smallest absolute Gasteiger partial charge is 0.333 e. The fourth-order valence-corrected chi connectivity index (χ4v) is 5.78. The fourth-order valence-electron chi connectivity index (χ4n) is 5.53. The molecule has 2 aliphatic carbocycles. The first kappa shape index (κ1) is 23.6. The zero-order chi connectivity index (χ0) is 23.0. The van der Waals surface area contributed by atoms with Gasteiger partial charge in [0, 0.05) is 17.6 Å². The Morgan fingerprint density at radius 2 is 2.00 bits per heavy atom. The Hall–Kier alpha value is -2.02. The Morgan fingerprint density at radius 3 is 2.58 bits per heavy atom. The van der Waals surface area contributed by atoms with Gasteiger partial charge in [-0.1, -0.05) is 26.5 Å². The van der Waals surface area contributed by atoms with Crippen LogP contribution in [0.2, 0.25) is 0 Å². The van der Waals surface area contributed by atoms with Crippen LogP contribution in [0.25, 0.3) is 0 Å². The molecule has 3 rings (SSSR count). The van der Waals surface area contributed by atoms with E-state index in [9.17, 15) is 14.4 Å². The quantitative estimate of drug-likeness (QED) is 0.270. The van der Waals surface area contributed by atoms with Gasteiger partial charge in [0.1, 0.15) is 24.2 Å². The van der Waals surface area contributed by atoms with Crippen LogP contribution in [0.4, 0.5) is 0 Å². The van der Waals surface area contributed by atoms with E-state index in [-0.39, 0.29) is 23.9 Å². The van der Waals surface area contributed by atoms with E-state index in [2.05, 4.69) is 20.4 Å². The van der Waals surface area contributed by atoms with Crippen molar-refractivity contribution in [1.82, 2.24) is 0 Å². The largest absolute Gasteiger partial charge is 0.460 e. The molecule has 6 atom stereocenters. The second-order valence-corrected chi connectivity index (χ2v) is 9.89. The summed E-state index contributed by atoms with van der Waals surface area (Å²) in [5.41, 5.74) is -0.403. The molecule has 0 amide bonds. The molecule has 0 bridgehead atoms. The predicted octanol–water partition coefficient (Wildman–Crippen LogP) is 4.21. The van der Waals surface area contributed by atoms with Gasteiger partial charge in [0.25, 0.3) is 0 Å². The summed E-state index contributed by atoms with van der Waals surface area (Å²) in [7, 11) is 0. The van der Waals surface area contributed by atoms with Crippen LogP contribution in [-0.2, 0) is 28.6 Å². The van der Waals surface area contributed by atoms with Crippen LogP contribution in [0.1, 0.15) is 47.0 Å². The van der Waals surface area contributed by atoms with Crippen LogP contribution >= 0.6 is 11.8 Å². The van der Waals surface area contributed by atoms with Gasteiger partial charge in [0.2, 0.25) is 0 Å². The van der Waals surface area contributed by atoms with E-state index in [4.69, 9.17) is 14.2 Å². The summed E-state index contributed by atoms with van der Waals surface area (Å²) in [4.78, 5) is 38.3. The van der Waals surface area contributed by atoms with Crippen molar-refractivity contribution in [3.05, 3.63) is 35.3 Å². The molecule has 1 saturated heterocycles. The van der Waals surface area contributed by atoms with Crippen LogP contribution < -0.4 is 0 Å². The number of ether oxygens (including phenoxy) is 3. The van der Waals surface area contributed by atoms with E-state index in [1.54, 1.807) is 25.3 Å². The summed E-state index contributed by atoms with van der Waals surface area (Å²) in [6, 6.07) is 0. The molecule has 7 heteroatoms. The number of hydrogen-bond donors (Lipinski definition) is 0. The molecule has 3 aliphatic rings. The molecule has 1 heterocycles. The highest BCUT2D eigenvalue weighted by molar-refractivity contribution is 8.01. The molecule has 6 nitrogen and oxygen atoms in total. The summed E-state index contributed by atoms with van der Waals surface area (Å²) >= 11 is 1.41. The van der Waals surface area contributed by atoms with E-state index in [0.717, 1.165) is 6.42 Å². The molecule has 1 spiro atoms. The molecule has 0 aromatic heterocycles. The second kappa shape index (κ2) is 8.85. The maximum atomic E-state index is 13.1. The number of rotatable bonds is 5. The molecule has 1 aliphatic heterocycles. The Balaban J connectivity index is 2.07. The monoisotopic (exact) mass is 448 g/mol. The predicted molar refractivity (Wildman–Crippen MR) is 119 cm³/mol. The Bertz CT molecular complexity index is 827. The molecular weight excluding hydrogens is 416 g/mol. The number of esters is 3. The summed E-state index contributed by atoms with van der Waals surface area (Å²) in [5, 5.41) is 1.67. The average Bonchev–Trinajstić information content (AvgIpc) is 3.18. The molecule has 31 heavy (non-hydrogen) atoms. The third-order valence-corrected chi connectivity index (χ3v) is 8.02. The van der Waals surface area contributed by atoms with E-state index in [1.807, 2.05) is 6.26 Å². The van der Waals surface area contributed by atoms with Gasteiger partial charge < -0.3 is 14.2 Å². The van der Waals surface area contributed by atoms with Crippen molar-refractivity contribution in [2.24, 2.45) is 22.7 Å². The fraction of sp³-hybridized carbons (Fsp3) is 0.625. The third kappa shape index (κ3) is 3.86. The molecule has 0 radical (unpaired) electrons. The van der Waals surface area contributed by atoms with Gasteiger partial charge in [-0.25, -0.2) is 9.59 Å². The molecule has 0 aromatic carbocycles. The van der Waals surface area contributed by atoms with Crippen LogP contribution in [0.15, 0.2) is 35.3 Å². The number of allylic oxidation sites excluding steroid dienone is 1. The van der Waals surface area contributed by atoms with Crippen LogP contribution in [-0.4, -0.2) is 43.0 Å². The Labute approximate surface area is 188 Å². The Morgan fingerprint density at radius 1 is 1.29 bits per heavy atom. The van der Waals surface area contributed by atoms with Gasteiger partial charge in [-0.05, 0) is 61.7 Å². The zero-order valence-corrected chi connectivity index (χ0v) is 19.8. The highest BCUT2D eigenvalue weighted by Gasteiger charge is 2.72. The van der Waals surface area contributed by atoms with Gasteiger partial charge in [0.05, 0.1) is 0 Å². The van der Waals surface area contributed by atoms with Crippen molar-refractivity contribution in [3.8, 4) is 0 Å². The lowest BCUT2D eigenvalue weighted by molar-refractivity contribution is -0.171. The lowest BCUT2D eigenvalue weighted by Gasteiger charge is -2.46. The number of carbonyl (C=O) groups excluding carboxylic acids is 3. The van der Waals surface area contributed by atoms with Gasteiger partial charge in [-0.3, -0.25) is 4.79 Å². The first-order valence-electron chi connectivity index (χ1n) is 10.7. The van der Waals surface area contributed by atoms with E-state index in [0.29, 0.717) is 24.0 Å². The molecule has 2 saturated carbocycles. The van der Waals surface area contributed by atoms with Crippen molar-refractivity contribution in [1.29, 1.82) is 0 Å². The molecule has 0 aromatic rings. The number of cyclic esters (lactones) is 1. The molecule has 3 fully saturated rings. The number of carbonyl (C=O) groups is 3. The maximum absolute atomic E-state index is 13.1. The van der Waals surface area contributed by atoms with Crippen molar-refractivity contribution >= 4 is 29.7 Å². The summed E-state index contributed by atoms with van der Waals surface area (Å²) in [5.74, 6) is -1.39. The van der Waals surface area contributed by atoms with Crippen LogP contribution in [0.3, 0.4) is 0 Å². The molecule has 0 N–H and O–H groups in total. The minimum atomic E-state index is -1.11. The standard InChI is InChI=1S/C24H32O6S/c1-7-14(2)21(26)30-20-19-17(29-18(25)10-11-31-6)9-8-15(3)23(19,5)13-24(20)16(4)12-28-22(24)27/h7,10-11,15,17,19-20H,4,8-9,12-13H2,1-3,5-6H3/t15-,17-,19+,20+,23+,24+/m0/s1.